The van der Waals surface area contributed by atoms with Crippen molar-refractivity contribution in [2.45, 2.75) is 34.2 Å². The van der Waals surface area contributed by atoms with Crippen LogP contribution in [0.4, 0.5) is 0 Å². The Labute approximate surface area is 115 Å². The topological polar surface area (TPSA) is 64.3 Å². The second-order valence-corrected chi connectivity index (χ2v) is 5.52. The summed E-state index contributed by atoms with van der Waals surface area (Å²) in [4.78, 5) is 12.0. The second kappa shape index (κ2) is 6.06. The monoisotopic (exact) mass is 264 g/mol. The Morgan fingerprint density at radius 2 is 1.95 bits per heavy atom. The largest absolute Gasteiger partial charge is 0.496 e. The number of carbonyl (C=O) groups is 1. The normalized spacial score (nSPS) is 11.3. The van der Waals surface area contributed by atoms with E-state index in [1.54, 1.807) is 7.11 Å². The molecule has 0 unspecified atom stereocenters. The van der Waals surface area contributed by atoms with Gasteiger partial charge in [0.05, 0.1) is 12.5 Å². The summed E-state index contributed by atoms with van der Waals surface area (Å²) in [5, 5.41) is 2.94. The molecule has 4 heteroatoms. The minimum Gasteiger partial charge on any atom is -0.496 e. The van der Waals surface area contributed by atoms with Crippen molar-refractivity contribution in [1.29, 1.82) is 0 Å². The van der Waals surface area contributed by atoms with Crippen molar-refractivity contribution in [2.24, 2.45) is 11.1 Å². The average molecular weight is 264 g/mol. The van der Waals surface area contributed by atoms with E-state index in [4.69, 9.17) is 10.5 Å². The van der Waals surface area contributed by atoms with Gasteiger partial charge in [0.25, 0.3) is 0 Å². The van der Waals surface area contributed by atoms with Gasteiger partial charge in [0, 0.05) is 13.1 Å². The molecule has 0 spiro atoms. The van der Waals surface area contributed by atoms with Gasteiger partial charge in [-0.3, -0.25) is 4.79 Å². The summed E-state index contributed by atoms with van der Waals surface area (Å²) in [5.74, 6) is 0.845. The Kier molecular flexibility index (Phi) is 4.95. The van der Waals surface area contributed by atoms with Crippen molar-refractivity contribution < 1.29 is 9.53 Å². The van der Waals surface area contributed by atoms with Crippen LogP contribution in [0.2, 0.25) is 0 Å². The molecule has 19 heavy (non-hydrogen) atoms. The molecule has 0 aliphatic rings. The molecular formula is C15H24N2O2. The molecule has 4 nitrogen and oxygen atoms in total. The number of benzene rings is 1. The van der Waals surface area contributed by atoms with Gasteiger partial charge < -0.3 is 15.8 Å². The van der Waals surface area contributed by atoms with Gasteiger partial charge in [-0.25, -0.2) is 0 Å². The lowest BCUT2D eigenvalue weighted by atomic mass is 9.92. The zero-order valence-electron chi connectivity index (χ0n) is 12.5. The van der Waals surface area contributed by atoms with Crippen molar-refractivity contribution in [2.75, 3.05) is 13.7 Å². The molecule has 0 atom stereocenters. The van der Waals surface area contributed by atoms with E-state index in [0.29, 0.717) is 13.1 Å². The SMILES string of the molecule is COc1cc(C)c(CNC(=O)C(C)(C)CN)cc1C. The summed E-state index contributed by atoms with van der Waals surface area (Å²) in [5.41, 5.74) is 8.33. The van der Waals surface area contributed by atoms with Crippen molar-refractivity contribution in [3.63, 3.8) is 0 Å². The van der Waals surface area contributed by atoms with E-state index in [0.717, 1.165) is 22.4 Å². The third kappa shape index (κ3) is 3.70. The maximum absolute atomic E-state index is 12.0. The molecule has 106 valence electrons. The first-order valence-electron chi connectivity index (χ1n) is 6.44. The lowest BCUT2D eigenvalue weighted by Gasteiger charge is -2.21. The fourth-order valence-electron chi connectivity index (χ4n) is 1.77. The lowest BCUT2D eigenvalue weighted by molar-refractivity contribution is -0.129. The van der Waals surface area contributed by atoms with Crippen LogP contribution in [-0.4, -0.2) is 19.6 Å². The van der Waals surface area contributed by atoms with Crippen LogP contribution in [0.15, 0.2) is 12.1 Å². The molecule has 1 amide bonds. The zero-order chi connectivity index (χ0) is 14.6. The molecule has 0 aliphatic carbocycles. The fraction of sp³-hybridized carbons (Fsp3) is 0.533. The molecule has 0 radical (unpaired) electrons. The quantitative estimate of drug-likeness (QED) is 0.854. The highest BCUT2D eigenvalue weighted by molar-refractivity contribution is 5.82. The van der Waals surface area contributed by atoms with Gasteiger partial charge in [0.1, 0.15) is 5.75 Å². The summed E-state index contributed by atoms with van der Waals surface area (Å²) in [7, 11) is 1.66. The molecule has 0 heterocycles. The number of hydrogen-bond donors (Lipinski definition) is 2. The van der Waals surface area contributed by atoms with E-state index in [-0.39, 0.29) is 5.91 Å². The Bertz CT molecular complexity index is 467. The van der Waals surface area contributed by atoms with Gasteiger partial charge in [0.15, 0.2) is 0 Å². The van der Waals surface area contributed by atoms with Crippen LogP contribution in [0.1, 0.15) is 30.5 Å². The van der Waals surface area contributed by atoms with E-state index in [1.165, 1.54) is 0 Å². The van der Waals surface area contributed by atoms with Crippen LogP contribution in [0.5, 0.6) is 5.75 Å². The lowest BCUT2D eigenvalue weighted by Crippen LogP contribution is -2.41. The maximum Gasteiger partial charge on any atom is 0.227 e. The predicted octanol–water partition coefficient (Wildman–Crippen LogP) is 1.91. The van der Waals surface area contributed by atoms with Crippen LogP contribution in [-0.2, 0) is 11.3 Å². The number of ether oxygens (including phenoxy) is 1. The first-order chi connectivity index (χ1) is 8.81. The molecule has 1 aromatic rings. The van der Waals surface area contributed by atoms with Crippen LogP contribution in [0, 0.1) is 19.3 Å². The average Bonchev–Trinajstić information content (AvgIpc) is 2.38. The predicted molar refractivity (Wildman–Crippen MR) is 77.2 cm³/mol. The van der Waals surface area contributed by atoms with E-state index >= 15 is 0 Å². The van der Waals surface area contributed by atoms with Crippen molar-refractivity contribution >= 4 is 5.91 Å². The summed E-state index contributed by atoms with van der Waals surface area (Å²) in [6, 6.07) is 4.04. The maximum atomic E-state index is 12.0. The van der Waals surface area contributed by atoms with Crippen LogP contribution < -0.4 is 15.8 Å². The summed E-state index contributed by atoms with van der Waals surface area (Å²) >= 11 is 0. The molecule has 0 aliphatic heterocycles. The Balaban J connectivity index is 2.79. The molecule has 0 saturated carbocycles. The van der Waals surface area contributed by atoms with Gasteiger partial charge in [0.2, 0.25) is 5.91 Å². The molecule has 0 fully saturated rings. The van der Waals surface area contributed by atoms with E-state index < -0.39 is 5.41 Å². The number of carbonyl (C=O) groups excluding carboxylic acids is 1. The third-order valence-electron chi connectivity index (χ3n) is 3.42. The van der Waals surface area contributed by atoms with Gasteiger partial charge in [-0.15, -0.1) is 0 Å². The van der Waals surface area contributed by atoms with Crippen LogP contribution in [0.3, 0.4) is 0 Å². The molecule has 0 aromatic heterocycles. The van der Waals surface area contributed by atoms with Gasteiger partial charge in [-0.1, -0.05) is 6.07 Å². The third-order valence-corrected chi connectivity index (χ3v) is 3.42. The smallest absolute Gasteiger partial charge is 0.227 e. The Hall–Kier alpha value is -1.55. The summed E-state index contributed by atoms with van der Waals surface area (Å²) in [6.45, 7) is 8.53. The second-order valence-electron chi connectivity index (χ2n) is 5.52. The van der Waals surface area contributed by atoms with E-state index in [1.807, 2.05) is 39.8 Å². The highest BCUT2D eigenvalue weighted by Gasteiger charge is 2.25. The number of hydrogen-bond acceptors (Lipinski definition) is 3. The molecule has 0 bridgehead atoms. The number of nitrogens with one attached hydrogen (secondary N) is 1. The summed E-state index contributed by atoms with van der Waals surface area (Å²) in [6.07, 6.45) is 0. The van der Waals surface area contributed by atoms with Crippen molar-refractivity contribution in [3.8, 4) is 5.75 Å². The number of aryl methyl sites for hydroxylation is 2. The molecule has 1 rings (SSSR count). The highest BCUT2D eigenvalue weighted by Crippen LogP contribution is 2.22. The van der Waals surface area contributed by atoms with E-state index in [2.05, 4.69) is 5.32 Å². The standard InChI is InChI=1S/C15H24N2O2/c1-10-7-13(19-5)11(2)6-12(10)8-17-14(18)15(3,4)9-16/h6-7H,8-9,16H2,1-5H3,(H,17,18). The first kappa shape index (κ1) is 15.5. The van der Waals surface area contributed by atoms with Crippen LogP contribution >= 0.6 is 0 Å². The zero-order valence-corrected chi connectivity index (χ0v) is 12.5. The van der Waals surface area contributed by atoms with Gasteiger partial charge >= 0.3 is 0 Å². The highest BCUT2D eigenvalue weighted by atomic mass is 16.5. The van der Waals surface area contributed by atoms with Crippen molar-refractivity contribution in [1.82, 2.24) is 5.32 Å². The first-order valence-corrected chi connectivity index (χ1v) is 6.44. The molecule has 0 saturated heterocycles. The fourth-order valence-corrected chi connectivity index (χ4v) is 1.77. The molecule has 1 aromatic carbocycles. The molecule has 3 N–H and O–H groups in total. The summed E-state index contributed by atoms with van der Waals surface area (Å²) < 4.78 is 5.27. The van der Waals surface area contributed by atoms with Crippen LogP contribution in [0.25, 0.3) is 0 Å². The Morgan fingerprint density at radius 3 is 2.47 bits per heavy atom. The number of amides is 1. The van der Waals surface area contributed by atoms with E-state index in [9.17, 15) is 4.79 Å². The van der Waals surface area contributed by atoms with Gasteiger partial charge in [-0.2, -0.15) is 0 Å². The Morgan fingerprint density at radius 1 is 1.32 bits per heavy atom. The number of rotatable bonds is 5. The molecular weight excluding hydrogens is 240 g/mol. The van der Waals surface area contributed by atoms with Gasteiger partial charge in [-0.05, 0) is 50.5 Å². The minimum atomic E-state index is -0.532. The van der Waals surface area contributed by atoms with Crippen molar-refractivity contribution in [3.05, 3.63) is 28.8 Å². The number of methoxy groups -OCH3 is 1. The minimum absolute atomic E-state index is 0.0251. The number of nitrogens with two attached hydrogens (primary N) is 1.